The molecule has 0 spiro atoms. The Morgan fingerprint density at radius 1 is 1.25 bits per heavy atom. The number of methoxy groups -OCH3 is 1. The minimum Gasteiger partial charge on any atom is -0.490 e. The normalized spacial score (nSPS) is 13.8. The van der Waals surface area contributed by atoms with Crippen molar-refractivity contribution in [3.05, 3.63) is 47.9 Å². The summed E-state index contributed by atoms with van der Waals surface area (Å²) in [5.41, 5.74) is 0.851. The number of aromatic nitrogens is 2. The van der Waals surface area contributed by atoms with E-state index in [4.69, 9.17) is 9.47 Å². The highest BCUT2D eigenvalue weighted by Gasteiger charge is 2.23. The van der Waals surface area contributed by atoms with E-state index in [1.54, 1.807) is 12.1 Å². The van der Waals surface area contributed by atoms with Crippen molar-refractivity contribution in [1.29, 1.82) is 0 Å². The van der Waals surface area contributed by atoms with Crippen molar-refractivity contribution in [2.45, 2.75) is 18.9 Å². The van der Waals surface area contributed by atoms with Gasteiger partial charge in [0, 0.05) is 11.6 Å². The van der Waals surface area contributed by atoms with E-state index in [-0.39, 0.29) is 5.78 Å². The summed E-state index contributed by atoms with van der Waals surface area (Å²) < 4.78 is 10.7. The van der Waals surface area contributed by atoms with Crippen molar-refractivity contribution in [3.63, 3.8) is 0 Å². The average molecular weight is 270 g/mol. The summed E-state index contributed by atoms with van der Waals surface area (Å²) in [5.74, 6) is 0.917. The standard InChI is InChI=1S/C15H14N2O3/c1-19-14-8-13(16-9-17-14)15(18)10-3-2-4-12(7-10)20-11-5-6-11/h2-4,7-9,11H,5-6H2,1H3. The maximum Gasteiger partial charge on any atom is 0.216 e. The molecule has 102 valence electrons. The SMILES string of the molecule is COc1cc(C(=O)c2cccc(OC3CC3)c2)ncn1. The number of nitrogens with zero attached hydrogens (tertiary/aromatic N) is 2. The Morgan fingerprint density at radius 3 is 2.85 bits per heavy atom. The molecule has 5 nitrogen and oxygen atoms in total. The number of ketones is 1. The topological polar surface area (TPSA) is 61.3 Å². The summed E-state index contributed by atoms with van der Waals surface area (Å²) >= 11 is 0. The Labute approximate surface area is 116 Å². The summed E-state index contributed by atoms with van der Waals surface area (Å²) in [4.78, 5) is 20.2. The van der Waals surface area contributed by atoms with Gasteiger partial charge >= 0.3 is 0 Å². The largest absolute Gasteiger partial charge is 0.490 e. The lowest BCUT2D eigenvalue weighted by atomic mass is 10.1. The van der Waals surface area contributed by atoms with Gasteiger partial charge in [-0.15, -0.1) is 0 Å². The van der Waals surface area contributed by atoms with Crippen LogP contribution < -0.4 is 9.47 Å². The van der Waals surface area contributed by atoms with E-state index >= 15 is 0 Å². The highest BCUT2D eigenvalue weighted by molar-refractivity contribution is 6.08. The average Bonchev–Trinajstić information content (AvgIpc) is 3.31. The van der Waals surface area contributed by atoms with Crippen LogP contribution in [0.3, 0.4) is 0 Å². The summed E-state index contributed by atoms with van der Waals surface area (Å²) in [6, 6.07) is 8.68. The highest BCUT2D eigenvalue weighted by Crippen LogP contribution is 2.27. The fraction of sp³-hybridized carbons (Fsp3) is 0.267. The minimum absolute atomic E-state index is 0.174. The number of carbonyl (C=O) groups excluding carboxylic acids is 1. The van der Waals surface area contributed by atoms with Crippen LogP contribution in [-0.2, 0) is 0 Å². The molecule has 3 rings (SSSR count). The third-order valence-corrected chi connectivity index (χ3v) is 3.01. The first-order chi connectivity index (χ1) is 9.76. The van der Waals surface area contributed by atoms with Gasteiger partial charge in [-0.05, 0) is 25.0 Å². The number of hydrogen-bond acceptors (Lipinski definition) is 5. The van der Waals surface area contributed by atoms with E-state index in [2.05, 4.69) is 9.97 Å². The van der Waals surface area contributed by atoms with Crippen LogP contribution in [0.1, 0.15) is 28.9 Å². The Hall–Kier alpha value is -2.43. The predicted molar refractivity (Wildman–Crippen MR) is 72.1 cm³/mol. The fourth-order valence-electron chi connectivity index (χ4n) is 1.81. The first-order valence-corrected chi connectivity index (χ1v) is 6.44. The van der Waals surface area contributed by atoms with Crippen LogP contribution in [0.5, 0.6) is 11.6 Å². The van der Waals surface area contributed by atoms with Crippen LogP contribution in [-0.4, -0.2) is 29.0 Å². The van der Waals surface area contributed by atoms with E-state index in [0.29, 0.717) is 23.2 Å². The van der Waals surface area contributed by atoms with Crippen molar-refractivity contribution in [1.82, 2.24) is 9.97 Å². The Kier molecular flexibility index (Phi) is 3.33. The van der Waals surface area contributed by atoms with Crippen molar-refractivity contribution >= 4 is 5.78 Å². The van der Waals surface area contributed by atoms with Crippen molar-refractivity contribution < 1.29 is 14.3 Å². The molecule has 1 aliphatic rings. The second kappa shape index (κ2) is 5.28. The van der Waals surface area contributed by atoms with Crippen LogP contribution >= 0.6 is 0 Å². The summed E-state index contributed by atoms with van der Waals surface area (Å²) in [6.45, 7) is 0. The first kappa shape index (κ1) is 12.6. The summed E-state index contributed by atoms with van der Waals surface area (Å²) in [7, 11) is 1.50. The maximum absolute atomic E-state index is 12.4. The van der Waals surface area contributed by atoms with E-state index in [9.17, 15) is 4.79 Å². The van der Waals surface area contributed by atoms with Crippen molar-refractivity contribution in [3.8, 4) is 11.6 Å². The number of benzene rings is 1. The molecule has 20 heavy (non-hydrogen) atoms. The Balaban J connectivity index is 1.85. The van der Waals surface area contributed by atoms with Crippen molar-refractivity contribution in [2.24, 2.45) is 0 Å². The number of carbonyl (C=O) groups is 1. The predicted octanol–water partition coefficient (Wildman–Crippen LogP) is 2.26. The van der Waals surface area contributed by atoms with Gasteiger partial charge in [-0.3, -0.25) is 4.79 Å². The third-order valence-electron chi connectivity index (χ3n) is 3.01. The maximum atomic E-state index is 12.4. The molecule has 0 radical (unpaired) electrons. The lowest BCUT2D eigenvalue weighted by Crippen LogP contribution is -2.06. The van der Waals surface area contributed by atoms with Crippen LogP contribution in [0.15, 0.2) is 36.7 Å². The third kappa shape index (κ3) is 2.77. The van der Waals surface area contributed by atoms with Gasteiger partial charge in [0.25, 0.3) is 0 Å². The molecule has 0 N–H and O–H groups in total. The number of ether oxygens (including phenoxy) is 2. The van der Waals surface area contributed by atoms with Gasteiger partial charge in [-0.2, -0.15) is 0 Å². The minimum atomic E-state index is -0.174. The molecule has 1 saturated carbocycles. The first-order valence-electron chi connectivity index (χ1n) is 6.44. The van der Waals surface area contributed by atoms with E-state index < -0.39 is 0 Å². The molecule has 1 aromatic carbocycles. The van der Waals surface area contributed by atoms with Gasteiger partial charge < -0.3 is 9.47 Å². The molecule has 0 atom stereocenters. The second-order valence-corrected chi connectivity index (χ2v) is 4.62. The van der Waals surface area contributed by atoms with Gasteiger partial charge in [-0.1, -0.05) is 12.1 Å². The van der Waals surface area contributed by atoms with Gasteiger partial charge in [0.2, 0.25) is 11.7 Å². The quantitative estimate of drug-likeness (QED) is 0.780. The van der Waals surface area contributed by atoms with Gasteiger partial charge in [0.05, 0.1) is 13.2 Å². The molecule has 0 saturated heterocycles. The second-order valence-electron chi connectivity index (χ2n) is 4.62. The van der Waals surface area contributed by atoms with Gasteiger partial charge in [-0.25, -0.2) is 9.97 Å². The zero-order chi connectivity index (χ0) is 13.9. The Bertz CT molecular complexity index is 639. The zero-order valence-corrected chi connectivity index (χ0v) is 11.1. The molecule has 0 aliphatic heterocycles. The summed E-state index contributed by atoms with van der Waals surface area (Å²) in [5, 5.41) is 0. The molecule has 5 heteroatoms. The number of rotatable bonds is 5. The molecule has 1 fully saturated rings. The molecule has 0 amide bonds. The van der Waals surface area contributed by atoms with Crippen LogP contribution in [0.2, 0.25) is 0 Å². The van der Waals surface area contributed by atoms with E-state index in [1.165, 1.54) is 19.5 Å². The van der Waals surface area contributed by atoms with E-state index in [0.717, 1.165) is 18.6 Å². The summed E-state index contributed by atoms with van der Waals surface area (Å²) in [6.07, 6.45) is 3.79. The van der Waals surface area contributed by atoms with Crippen LogP contribution in [0.4, 0.5) is 0 Å². The van der Waals surface area contributed by atoms with Crippen LogP contribution in [0, 0.1) is 0 Å². The highest BCUT2D eigenvalue weighted by atomic mass is 16.5. The molecule has 0 unspecified atom stereocenters. The number of hydrogen-bond donors (Lipinski definition) is 0. The lowest BCUT2D eigenvalue weighted by Gasteiger charge is -2.06. The lowest BCUT2D eigenvalue weighted by molar-refractivity contribution is 0.103. The van der Waals surface area contributed by atoms with Gasteiger partial charge in [0.1, 0.15) is 17.8 Å². The zero-order valence-electron chi connectivity index (χ0n) is 11.1. The molecule has 1 heterocycles. The molecule has 1 aliphatic carbocycles. The molecular weight excluding hydrogens is 256 g/mol. The Morgan fingerprint density at radius 2 is 2.10 bits per heavy atom. The van der Waals surface area contributed by atoms with E-state index in [1.807, 2.05) is 12.1 Å². The molecule has 1 aromatic heterocycles. The van der Waals surface area contributed by atoms with Crippen molar-refractivity contribution in [2.75, 3.05) is 7.11 Å². The smallest absolute Gasteiger partial charge is 0.216 e. The monoisotopic (exact) mass is 270 g/mol. The molecule has 2 aromatic rings. The molecule has 0 bridgehead atoms. The van der Waals surface area contributed by atoms with Gasteiger partial charge in [0.15, 0.2) is 0 Å². The fourth-order valence-corrected chi connectivity index (χ4v) is 1.81. The molecular formula is C15H14N2O3. The van der Waals surface area contributed by atoms with Crippen LogP contribution in [0.25, 0.3) is 0 Å².